The zero-order valence-corrected chi connectivity index (χ0v) is 24.0. The molecule has 0 aliphatic heterocycles. The molecule has 1 aliphatic rings. The molecule has 0 bridgehead atoms. The highest BCUT2D eigenvalue weighted by atomic mass is 19.4. The number of carbonyl (C=O) groups is 1. The summed E-state index contributed by atoms with van der Waals surface area (Å²) in [5.74, 6) is 0.996. The zero-order valence-electron chi connectivity index (χ0n) is 24.0. The summed E-state index contributed by atoms with van der Waals surface area (Å²) in [5.41, 5.74) is 2.80. The Balaban J connectivity index is 1.41. The average molecular weight is 591 g/mol. The van der Waals surface area contributed by atoms with Gasteiger partial charge in [-0.1, -0.05) is 24.3 Å². The van der Waals surface area contributed by atoms with Crippen LogP contribution in [0.15, 0.2) is 49.1 Å². The molecule has 1 aliphatic carbocycles. The standard InChI is InChI=1S/C30H29F3N8O2/c1-16(2)40-14-22(30(31,32)33)38-26(40)19-7-5-17(6-8-19)13-41-21(28(42)34-3)11-20-12-35-25(39-27(20)41)23-24(18-9-10-18)36-15-37-29(23)43-4/h5-8,11-12,14-16,18H,9-10,13H2,1-4H3,(H,34,42). The van der Waals surface area contributed by atoms with Gasteiger partial charge >= 0.3 is 6.18 Å². The topological polar surface area (TPSA) is 113 Å². The Morgan fingerprint density at radius 2 is 1.86 bits per heavy atom. The number of nitrogens with one attached hydrogen (secondary N) is 1. The molecule has 1 aromatic carbocycles. The molecular formula is C30H29F3N8O2. The van der Waals surface area contributed by atoms with Gasteiger partial charge in [-0.25, -0.2) is 24.9 Å². The van der Waals surface area contributed by atoms with Gasteiger partial charge < -0.3 is 19.2 Å². The second-order valence-electron chi connectivity index (χ2n) is 10.7. The number of hydrogen-bond acceptors (Lipinski definition) is 7. The molecule has 10 nitrogen and oxygen atoms in total. The van der Waals surface area contributed by atoms with Gasteiger partial charge in [-0.2, -0.15) is 13.2 Å². The van der Waals surface area contributed by atoms with Crippen LogP contribution in [0, 0.1) is 0 Å². The number of hydrogen-bond donors (Lipinski definition) is 1. The van der Waals surface area contributed by atoms with Crippen molar-refractivity contribution in [2.24, 2.45) is 0 Å². The number of fused-ring (bicyclic) bond motifs is 1. The van der Waals surface area contributed by atoms with Crippen LogP contribution in [0.1, 0.15) is 66.1 Å². The summed E-state index contributed by atoms with van der Waals surface area (Å²) in [4.78, 5) is 35.0. The SMILES string of the molecule is CNC(=O)c1cc2cnc(-c3c(OC)ncnc3C3CC3)nc2n1Cc1ccc(-c2nc(C(F)(F)F)cn2C(C)C)cc1. The predicted molar refractivity (Wildman–Crippen MR) is 153 cm³/mol. The van der Waals surface area contributed by atoms with E-state index in [1.165, 1.54) is 18.0 Å². The third-order valence-corrected chi connectivity index (χ3v) is 7.45. The first-order chi connectivity index (χ1) is 20.6. The van der Waals surface area contributed by atoms with E-state index >= 15 is 0 Å². The summed E-state index contributed by atoms with van der Waals surface area (Å²) in [7, 11) is 3.09. The molecule has 0 atom stereocenters. The number of nitrogens with zero attached hydrogens (tertiary/aromatic N) is 7. The zero-order chi connectivity index (χ0) is 30.5. The number of ether oxygens (including phenoxy) is 1. The van der Waals surface area contributed by atoms with Gasteiger partial charge in [-0.3, -0.25) is 4.79 Å². The number of amides is 1. The molecule has 1 fully saturated rings. The van der Waals surface area contributed by atoms with Crippen LogP contribution >= 0.6 is 0 Å². The van der Waals surface area contributed by atoms with Crippen molar-refractivity contribution in [1.82, 2.24) is 39.4 Å². The van der Waals surface area contributed by atoms with Gasteiger partial charge in [0.05, 0.1) is 12.8 Å². The van der Waals surface area contributed by atoms with Crippen molar-refractivity contribution in [2.75, 3.05) is 14.2 Å². The number of halogens is 3. The first-order valence-corrected chi connectivity index (χ1v) is 13.8. The minimum atomic E-state index is -4.55. The Morgan fingerprint density at radius 1 is 1.12 bits per heavy atom. The average Bonchev–Trinajstić information content (AvgIpc) is 3.63. The Bertz CT molecular complexity index is 1820. The van der Waals surface area contributed by atoms with Gasteiger partial charge in [0.2, 0.25) is 5.88 Å². The van der Waals surface area contributed by atoms with Gasteiger partial charge in [-0.15, -0.1) is 0 Å². The van der Waals surface area contributed by atoms with E-state index in [9.17, 15) is 18.0 Å². The van der Waals surface area contributed by atoms with Crippen molar-refractivity contribution in [3.05, 3.63) is 71.7 Å². The lowest BCUT2D eigenvalue weighted by atomic mass is 10.1. The van der Waals surface area contributed by atoms with Crippen LogP contribution in [0.4, 0.5) is 13.2 Å². The molecule has 13 heteroatoms. The number of carbonyl (C=O) groups excluding carboxylic acids is 1. The molecule has 4 heterocycles. The quantitative estimate of drug-likeness (QED) is 0.249. The van der Waals surface area contributed by atoms with Crippen molar-refractivity contribution in [2.45, 2.75) is 51.4 Å². The van der Waals surface area contributed by atoms with Crippen LogP contribution < -0.4 is 10.1 Å². The van der Waals surface area contributed by atoms with Crippen molar-refractivity contribution < 1.29 is 22.7 Å². The maximum absolute atomic E-state index is 13.4. The van der Waals surface area contributed by atoms with Crippen molar-refractivity contribution >= 4 is 16.9 Å². The summed E-state index contributed by atoms with van der Waals surface area (Å²) in [6, 6.07) is 8.59. The van der Waals surface area contributed by atoms with Crippen LogP contribution in [0.5, 0.6) is 5.88 Å². The Hall–Kier alpha value is -4.81. The molecule has 0 unspecified atom stereocenters. The van der Waals surface area contributed by atoms with Gasteiger partial charge in [0.1, 0.15) is 29.1 Å². The second kappa shape index (κ2) is 10.8. The highest BCUT2D eigenvalue weighted by Gasteiger charge is 2.35. The molecule has 1 saturated carbocycles. The fraction of sp³-hybridized carbons (Fsp3) is 0.333. The summed E-state index contributed by atoms with van der Waals surface area (Å²) >= 11 is 0. The Kier molecular flexibility index (Phi) is 7.10. The van der Waals surface area contributed by atoms with E-state index in [-0.39, 0.29) is 30.2 Å². The minimum Gasteiger partial charge on any atom is -0.480 e. The van der Waals surface area contributed by atoms with Gasteiger partial charge in [-0.05, 0) is 38.3 Å². The summed E-state index contributed by atoms with van der Waals surface area (Å²) < 4.78 is 49.1. The number of aromatic nitrogens is 7. The lowest BCUT2D eigenvalue weighted by Gasteiger charge is -2.13. The molecular weight excluding hydrogens is 561 g/mol. The smallest absolute Gasteiger partial charge is 0.434 e. The Labute approximate surface area is 245 Å². The maximum atomic E-state index is 13.4. The molecule has 222 valence electrons. The van der Waals surface area contributed by atoms with E-state index < -0.39 is 11.9 Å². The highest BCUT2D eigenvalue weighted by molar-refractivity contribution is 5.98. The van der Waals surface area contributed by atoms with E-state index in [1.807, 2.05) is 12.1 Å². The third kappa shape index (κ3) is 5.30. The van der Waals surface area contributed by atoms with Crippen molar-refractivity contribution in [3.63, 3.8) is 0 Å². The highest BCUT2D eigenvalue weighted by Crippen LogP contribution is 2.45. The molecule has 4 aromatic heterocycles. The molecule has 0 radical (unpaired) electrons. The number of imidazole rings is 1. The van der Waals surface area contributed by atoms with Crippen LogP contribution in [0.3, 0.4) is 0 Å². The van der Waals surface area contributed by atoms with E-state index in [1.54, 1.807) is 49.9 Å². The summed E-state index contributed by atoms with van der Waals surface area (Å²) in [6.45, 7) is 3.88. The molecule has 5 aromatic rings. The first-order valence-electron chi connectivity index (χ1n) is 13.8. The number of methoxy groups -OCH3 is 1. The fourth-order valence-corrected chi connectivity index (χ4v) is 5.13. The van der Waals surface area contributed by atoms with E-state index in [0.29, 0.717) is 39.6 Å². The molecule has 0 saturated heterocycles. The van der Waals surface area contributed by atoms with Crippen LogP contribution in [-0.4, -0.2) is 54.1 Å². The summed E-state index contributed by atoms with van der Waals surface area (Å²) in [5, 5.41) is 3.34. The number of rotatable bonds is 8. The largest absolute Gasteiger partial charge is 0.480 e. The maximum Gasteiger partial charge on any atom is 0.434 e. The van der Waals surface area contributed by atoms with Crippen LogP contribution in [-0.2, 0) is 12.7 Å². The molecule has 0 spiro atoms. The van der Waals surface area contributed by atoms with Crippen LogP contribution in [0.25, 0.3) is 33.8 Å². The fourth-order valence-electron chi connectivity index (χ4n) is 5.13. The number of benzene rings is 1. The van der Waals surface area contributed by atoms with Gasteiger partial charge in [0, 0.05) is 48.9 Å². The third-order valence-electron chi connectivity index (χ3n) is 7.45. The van der Waals surface area contributed by atoms with Crippen molar-refractivity contribution in [3.8, 4) is 28.7 Å². The molecule has 1 N–H and O–H groups in total. The lowest BCUT2D eigenvalue weighted by molar-refractivity contribution is -0.140. The van der Waals surface area contributed by atoms with Gasteiger partial charge in [0.25, 0.3) is 5.91 Å². The lowest BCUT2D eigenvalue weighted by Crippen LogP contribution is -2.22. The second-order valence-corrected chi connectivity index (χ2v) is 10.7. The van der Waals surface area contributed by atoms with Gasteiger partial charge in [0.15, 0.2) is 11.5 Å². The Morgan fingerprint density at radius 3 is 2.49 bits per heavy atom. The monoisotopic (exact) mass is 590 g/mol. The predicted octanol–water partition coefficient (Wildman–Crippen LogP) is 5.65. The molecule has 6 rings (SSSR count). The molecule has 1 amide bonds. The van der Waals surface area contributed by atoms with E-state index in [0.717, 1.165) is 30.3 Å². The van der Waals surface area contributed by atoms with E-state index in [4.69, 9.17) is 9.72 Å². The van der Waals surface area contributed by atoms with E-state index in [2.05, 4.69) is 25.3 Å². The van der Waals surface area contributed by atoms with Crippen LogP contribution in [0.2, 0.25) is 0 Å². The minimum absolute atomic E-state index is 0.220. The van der Waals surface area contributed by atoms with Crippen molar-refractivity contribution in [1.29, 1.82) is 0 Å². The molecule has 43 heavy (non-hydrogen) atoms. The first kappa shape index (κ1) is 28.3. The normalized spacial score (nSPS) is 13.6. The summed E-state index contributed by atoms with van der Waals surface area (Å²) in [6.07, 6.45) is 1.65. The number of alkyl halides is 3.